The van der Waals surface area contributed by atoms with Crippen molar-refractivity contribution in [1.82, 2.24) is 0 Å². The van der Waals surface area contributed by atoms with Crippen molar-refractivity contribution in [3.05, 3.63) is 42.5 Å². The van der Waals surface area contributed by atoms with Gasteiger partial charge in [-0.05, 0) is 24.3 Å². The number of ether oxygens (including phenoxy) is 2. The van der Waals surface area contributed by atoms with Gasteiger partial charge in [0.15, 0.2) is 0 Å². The maximum Gasteiger partial charge on any atom is 0.325 e. The highest BCUT2D eigenvalue weighted by atomic mass is 16.5. The Morgan fingerprint density at radius 2 is 2.00 bits per heavy atom. The van der Waals surface area contributed by atoms with Crippen molar-refractivity contribution in [1.29, 1.82) is 0 Å². The molecular weight excluding hydrogens is 266 g/mol. The zero-order valence-electron chi connectivity index (χ0n) is 12.0. The minimum atomic E-state index is -0.913. The minimum Gasteiger partial charge on any atom is -0.490 e. The molecule has 0 heterocycles. The van der Waals surface area contributed by atoms with Crippen molar-refractivity contribution in [3.8, 4) is 5.75 Å². The Kier molecular flexibility index (Phi) is 3.55. The van der Waals surface area contributed by atoms with E-state index in [1.54, 1.807) is 0 Å². The zero-order chi connectivity index (χ0) is 14.9. The van der Waals surface area contributed by atoms with Gasteiger partial charge in [-0.3, -0.25) is 4.79 Å². The summed E-state index contributed by atoms with van der Waals surface area (Å²) < 4.78 is 10.9. The zero-order valence-corrected chi connectivity index (χ0v) is 12.0. The largest absolute Gasteiger partial charge is 0.490 e. The molecule has 2 aromatic rings. The van der Waals surface area contributed by atoms with Crippen molar-refractivity contribution in [3.63, 3.8) is 0 Å². The number of fused-ring (bicyclic) bond motifs is 1. The van der Waals surface area contributed by atoms with Crippen LogP contribution in [0.1, 0.15) is 19.3 Å². The van der Waals surface area contributed by atoms with Crippen molar-refractivity contribution in [2.45, 2.75) is 30.9 Å². The van der Waals surface area contributed by atoms with Crippen LogP contribution in [0.25, 0.3) is 10.8 Å². The van der Waals surface area contributed by atoms with Gasteiger partial charge in [0.1, 0.15) is 17.4 Å². The number of hydrogen-bond donors (Lipinski definition) is 1. The normalized spacial score (nSPS) is 25.0. The third-order valence-corrected chi connectivity index (χ3v) is 4.14. The maximum atomic E-state index is 11.7. The Balaban J connectivity index is 1.80. The van der Waals surface area contributed by atoms with E-state index >= 15 is 0 Å². The predicted octanol–water partition coefficient (Wildman–Crippen LogP) is 2.64. The second-order valence-electron chi connectivity index (χ2n) is 5.61. The molecule has 4 nitrogen and oxygen atoms in total. The van der Waals surface area contributed by atoms with Gasteiger partial charge < -0.3 is 15.2 Å². The van der Waals surface area contributed by atoms with E-state index in [1.807, 2.05) is 30.3 Å². The van der Waals surface area contributed by atoms with Gasteiger partial charge in [0.05, 0.1) is 7.11 Å². The number of nitrogens with two attached hydrogens (primary N) is 1. The van der Waals surface area contributed by atoms with Crippen LogP contribution in [-0.2, 0) is 9.53 Å². The van der Waals surface area contributed by atoms with E-state index < -0.39 is 5.54 Å². The van der Waals surface area contributed by atoms with E-state index in [2.05, 4.69) is 12.1 Å². The van der Waals surface area contributed by atoms with E-state index in [-0.39, 0.29) is 12.1 Å². The lowest BCUT2D eigenvalue weighted by Gasteiger charge is -2.21. The molecule has 2 unspecified atom stereocenters. The molecule has 4 heteroatoms. The Morgan fingerprint density at radius 3 is 2.81 bits per heavy atom. The summed E-state index contributed by atoms with van der Waals surface area (Å²) in [5, 5.41) is 2.22. The highest BCUT2D eigenvalue weighted by Crippen LogP contribution is 2.34. The Morgan fingerprint density at radius 1 is 1.24 bits per heavy atom. The summed E-state index contributed by atoms with van der Waals surface area (Å²) in [5.41, 5.74) is 5.20. The molecule has 1 saturated carbocycles. The van der Waals surface area contributed by atoms with Crippen LogP contribution < -0.4 is 10.5 Å². The number of methoxy groups -OCH3 is 1. The van der Waals surface area contributed by atoms with Gasteiger partial charge in [-0.1, -0.05) is 36.4 Å². The first-order valence-corrected chi connectivity index (χ1v) is 7.14. The highest BCUT2D eigenvalue weighted by Gasteiger charge is 2.44. The first-order valence-electron chi connectivity index (χ1n) is 7.14. The highest BCUT2D eigenvalue weighted by molar-refractivity contribution is 5.88. The summed E-state index contributed by atoms with van der Waals surface area (Å²) in [4.78, 5) is 11.7. The molecule has 0 spiro atoms. The quantitative estimate of drug-likeness (QED) is 0.881. The van der Waals surface area contributed by atoms with Crippen molar-refractivity contribution < 1.29 is 14.3 Å². The summed E-state index contributed by atoms with van der Waals surface area (Å²) in [5.74, 6) is 0.485. The van der Waals surface area contributed by atoms with Crippen LogP contribution in [0.3, 0.4) is 0 Å². The fourth-order valence-corrected chi connectivity index (χ4v) is 3.00. The molecule has 0 aromatic heterocycles. The molecule has 2 N–H and O–H groups in total. The number of rotatable bonds is 3. The topological polar surface area (TPSA) is 61.5 Å². The van der Waals surface area contributed by atoms with Gasteiger partial charge in [0.25, 0.3) is 0 Å². The minimum absolute atomic E-state index is 0.0556. The van der Waals surface area contributed by atoms with E-state index in [9.17, 15) is 4.79 Å². The number of carbonyl (C=O) groups is 1. The molecule has 3 rings (SSSR count). The monoisotopic (exact) mass is 285 g/mol. The fourth-order valence-electron chi connectivity index (χ4n) is 3.00. The average molecular weight is 285 g/mol. The lowest BCUT2D eigenvalue weighted by atomic mass is 10.00. The lowest BCUT2D eigenvalue weighted by Crippen LogP contribution is -2.47. The van der Waals surface area contributed by atoms with Gasteiger partial charge >= 0.3 is 5.97 Å². The maximum absolute atomic E-state index is 11.7. The average Bonchev–Trinajstić information content (AvgIpc) is 2.89. The molecule has 110 valence electrons. The van der Waals surface area contributed by atoms with E-state index in [0.717, 1.165) is 22.9 Å². The van der Waals surface area contributed by atoms with Gasteiger partial charge in [0.2, 0.25) is 0 Å². The molecule has 2 atom stereocenters. The number of hydrogen-bond acceptors (Lipinski definition) is 4. The Labute approximate surface area is 123 Å². The van der Waals surface area contributed by atoms with E-state index in [1.165, 1.54) is 7.11 Å². The van der Waals surface area contributed by atoms with Gasteiger partial charge in [-0.2, -0.15) is 0 Å². The summed E-state index contributed by atoms with van der Waals surface area (Å²) in [6.07, 6.45) is 1.78. The predicted molar refractivity (Wildman–Crippen MR) is 81.1 cm³/mol. The van der Waals surface area contributed by atoms with Crippen molar-refractivity contribution in [2.75, 3.05) is 7.11 Å². The van der Waals surface area contributed by atoms with Crippen LogP contribution in [0.4, 0.5) is 0 Å². The third kappa shape index (κ3) is 2.59. The molecule has 21 heavy (non-hydrogen) atoms. The first-order chi connectivity index (χ1) is 10.1. The molecule has 0 amide bonds. The molecule has 0 aliphatic heterocycles. The van der Waals surface area contributed by atoms with Crippen molar-refractivity contribution in [2.24, 2.45) is 5.73 Å². The molecule has 1 fully saturated rings. The van der Waals surface area contributed by atoms with Crippen LogP contribution in [0, 0.1) is 0 Å². The van der Waals surface area contributed by atoms with Gasteiger partial charge in [-0.15, -0.1) is 0 Å². The van der Waals surface area contributed by atoms with Crippen LogP contribution in [-0.4, -0.2) is 24.7 Å². The number of benzene rings is 2. The van der Waals surface area contributed by atoms with Crippen LogP contribution in [0.5, 0.6) is 5.75 Å². The van der Waals surface area contributed by atoms with Crippen LogP contribution in [0.2, 0.25) is 0 Å². The summed E-state index contributed by atoms with van der Waals surface area (Å²) >= 11 is 0. The molecular formula is C17H19NO3. The molecule has 2 aromatic carbocycles. The SMILES string of the molecule is COC(=O)C1(N)CCC(Oc2cccc3ccccc23)C1. The Bertz CT molecular complexity index is 665. The molecule has 1 aliphatic carbocycles. The summed E-state index contributed by atoms with van der Waals surface area (Å²) in [6.45, 7) is 0. The van der Waals surface area contributed by atoms with Crippen LogP contribution in [0.15, 0.2) is 42.5 Å². The van der Waals surface area contributed by atoms with Crippen LogP contribution >= 0.6 is 0 Å². The van der Waals surface area contributed by atoms with E-state index in [0.29, 0.717) is 12.8 Å². The second kappa shape index (κ2) is 5.37. The van der Waals surface area contributed by atoms with Crippen molar-refractivity contribution >= 4 is 16.7 Å². The summed E-state index contributed by atoms with van der Waals surface area (Å²) in [6, 6.07) is 14.1. The fraction of sp³-hybridized carbons (Fsp3) is 0.353. The first kappa shape index (κ1) is 13.9. The lowest BCUT2D eigenvalue weighted by molar-refractivity contribution is -0.147. The number of esters is 1. The smallest absolute Gasteiger partial charge is 0.325 e. The third-order valence-electron chi connectivity index (χ3n) is 4.14. The van der Waals surface area contributed by atoms with E-state index in [4.69, 9.17) is 15.2 Å². The van der Waals surface area contributed by atoms with Gasteiger partial charge in [0, 0.05) is 11.8 Å². The molecule has 0 radical (unpaired) electrons. The summed E-state index contributed by atoms with van der Waals surface area (Å²) in [7, 11) is 1.37. The molecule has 0 bridgehead atoms. The second-order valence-corrected chi connectivity index (χ2v) is 5.61. The molecule has 0 saturated heterocycles. The number of carbonyl (C=O) groups excluding carboxylic acids is 1. The standard InChI is InChI=1S/C17H19NO3/c1-20-16(19)17(18)10-9-13(11-17)21-15-8-4-6-12-5-2-3-7-14(12)15/h2-8,13H,9-11,18H2,1H3. The Hall–Kier alpha value is -2.07. The van der Waals surface area contributed by atoms with Gasteiger partial charge in [-0.25, -0.2) is 0 Å². The molecule has 1 aliphatic rings.